The maximum Gasteiger partial charge on any atom is 0.400 e. The van der Waals surface area contributed by atoms with E-state index in [0.29, 0.717) is 29.7 Å². The van der Waals surface area contributed by atoms with Gasteiger partial charge in [0.05, 0.1) is 5.92 Å². The molecule has 0 radical (unpaired) electrons. The summed E-state index contributed by atoms with van der Waals surface area (Å²) in [6.07, 6.45) is 5.13. The normalized spacial score (nSPS) is 21.1. The molecule has 0 atom stereocenters. The van der Waals surface area contributed by atoms with Crippen molar-refractivity contribution in [2.24, 2.45) is 11.8 Å². The summed E-state index contributed by atoms with van der Waals surface area (Å²) >= 11 is 0. The van der Waals surface area contributed by atoms with Crippen LogP contribution in [0.5, 0.6) is 5.75 Å². The van der Waals surface area contributed by atoms with Crippen LogP contribution in [0, 0.1) is 17.7 Å². The Morgan fingerprint density at radius 2 is 1.81 bits per heavy atom. The molecule has 0 aromatic heterocycles. The number of alkyl halides is 2. The first-order valence-corrected chi connectivity index (χ1v) is 9.85. The molecule has 0 aliphatic heterocycles. The molecule has 146 valence electrons. The van der Waals surface area contributed by atoms with E-state index >= 15 is 0 Å². The van der Waals surface area contributed by atoms with Gasteiger partial charge < -0.3 is 4.74 Å². The van der Waals surface area contributed by atoms with Crippen LogP contribution in [0.1, 0.15) is 57.9 Å². The van der Waals surface area contributed by atoms with Gasteiger partial charge in [-0.05, 0) is 73.6 Å². The van der Waals surface area contributed by atoms with Gasteiger partial charge in [0.1, 0.15) is 11.6 Å². The van der Waals surface area contributed by atoms with Crippen LogP contribution in [-0.2, 0) is 0 Å². The highest BCUT2D eigenvalue weighted by Gasteiger charge is 2.43. The topological polar surface area (TPSA) is 9.23 Å². The Hall–Kier alpha value is -1.97. The second-order valence-corrected chi connectivity index (χ2v) is 7.55. The quantitative estimate of drug-likeness (QED) is 0.504. The highest BCUT2D eigenvalue weighted by atomic mass is 19.3. The lowest BCUT2D eigenvalue weighted by atomic mass is 9.79. The highest BCUT2D eigenvalue weighted by Crippen LogP contribution is 2.41. The SMILES string of the molecule is C/C=C/c1cc2ccc(OC(F)(F)C3CCC(CCC)CC3)cc2cc1F. The maximum atomic E-state index is 14.6. The summed E-state index contributed by atoms with van der Waals surface area (Å²) in [5.41, 5.74) is 0.479. The fourth-order valence-corrected chi connectivity index (χ4v) is 4.07. The van der Waals surface area contributed by atoms with Gasteiger partial charge in [0, 0.05) is 5.56 Å². The maximum absolute atomic E-state index is 14.6. The molecule has 0 saturated heterocycles. The van der Waals surface area contributed by atoms with E-state index in [4.69, 9.17) is 4.74 Å². The molecular weight excluding hydrogens is 349 g/mol. The number of fused-ring (bicyclic) bond motifs is 1. The molecule has 0 heterocycles. The molecule has 0 bridgehead atoms. The molecular formula is C23H27F3O. The van der Waals surface area contributed by atoms with Gasteiger partial charge in [-0.2, -0.15) is 8.78 Å². The Bertz CT molecular complexity index is 805. The van der Waals surface area contributed by atoms with Crippen LogP contribution in [-0.4, -0.2) is 6.11 Å². The molecule has 27 heavy (non-hydrogen) atoms. The molecule has 4 heteroatoms. The minimum absolute atomic E-state index is 0.0846. The fourth-order valence-electron chi connectivity index (χ4n) is 4.07. The van der Waals surface area contributed by atoms with Crippen molar-refractivity contribution in [1.82, 2.24) is 0 Å². The van der Waals surface area contributed by atoms with Crippen molar-refractivity contribution in [3.63, 3.8) is 0 Å². The smallest absolute Gasteiger partial charge is 0.400 e. The molecule has 1 saturated carbocycles. The van der Waals surface area contributed by atoms with Crippen LogP contribution in [0.4, 0.5) is 13.2 Å². The first kappa shape index (κ1) is 19.8. The Morgan fingerprint density at radius 3 is 2.48 bits per heavy atom. The average molecular weight is 376 g/mol. The van der Waals surface area contributed by atoms with Crippen LogP contribution in [0.25, 0.3) is 16.8 Å². The number of allylic oxidation sites excluding steroid dienone is 1. The summed E-state index contributed by atoms with van der Waals surface area (Å²) in [6, 6.07) is 7.81. The molecule has 2 aromatic carbocycles. The van der Waals surface area contributed by atoms with Crippen molar-refractivity contribution >= 4 is 16.8 Å². The molecule has 0 N–H and O–H groups in total. The van der Waals surface area contributed by atoms with E-state index in [2.05, 4.69) is 6.92 Å². The number of hydrogen-bond acceptors (Lipinski definition) is 1. The second-order valence-electron chi connectivity index (χ2n) is 7.55. The van der Waals surface area contributed by atoms with Gasteiger partial charge in [0.2, 0.25) is 0 Å². The van der Waals surface area contributed by atoms with Gasteiger partial charge in [-0.15, -0.1) is 0 Å². The Labute approximate surface area is 159 Å². The predicted molar refractivity (Wildman–Crippen MR) is 105 cm³/mol. The Balaban J connectivity index is 1.74. The molecule has 0 unspecified atom stereocenters. The van der Waals surface area contributed by atoms with Crippen LogP contribution >= 0.6 is 0 Å². The summed E-state index contributed by atoms with van der Waals surface area (Å²) in [5.74, 6) is -0.479. The first-order chi connectivity index (χ1) is 12.9. The van der Waals surface area contributed by atoms with Crippen molar-refractivity contribution < 1.29 is 17.9 Å². The van der Waals surface area contributed by atoms with Gasteiger partial charge in [-0.3, -0.25) is 0 Å². The van der Waals surface area contributed by atoms with Crippen molar-refractivity contribution in [3.8, 4) is 5.75 Å². The average Bonchev–Trinajstić information content (AvgIpc) is 2.63. The number of halogens is 3. The summed E-state index contributed by atoms with van der Waals surface area (Å²) in [4.78, 5) is 0. The highest BCUT2D eigenvalue weighted by molar-refractivity contribution is 5.86. The zero-order valence-electron chi connectivity index (χ0n) is 16.0. The Kier molecular flexibility index (Phi) is 6.13. The monoisotopic (exact) mass is 376 g/mol. The van der Waals surface area contributed by atoms with Gasteiger partial charge in [-0.25, -0.2) is 4.39 Å². The van der Waals surface area contributed by atoms with Crippen LogP contribution in [0.15, 0.2) is 36.4 Å². The molecule has 1 aliphatic carbocycles. The molecule has 1 fully saturated rings. The third-order valence-electron chi connectivity index (χ3n) is 5.55. The zero-order valence-corrected chi connectivity index (χ0v) is 16.0. The fraction of sp³-hybridized carbons (Fsp3) is 0.478. The number of benzene rings is 2. The van der Waals surface area contributed by atoms with E-state index in [1.165, 1.54) is 18.2 Å². The number of hydrogen-bond donors (Lipinski definition) is 0. The van der Waals surface area contributed by atoms with Crippen LogP contribution < -0.4 is 4.74 Å². The van der Waals surface area contributed by atoms with E-state index in [0.717, 1.165) is 31.1 Å². The molecule has 0 amide bonds. The van der Waals surface area contributed by atoms with E-state index in [-0.39, 0.29) is 11.6 Å². The van der Waals surface area contributed by atoms with E-state index < -0.39 is 12.0 Å². The van der Waals surface area contributed by atoms with E-state index in [9.17, 15) is 13.2 Å². The minimum atomic E-state index is -3.20. The number of rotatable bonds is 6. The van der Waals surface area contributed by atoms with Crippen LogP contribution in [0.3, 0.4) is 0 Å². The van der Waals surface area contributed by atoms with Crippen molar-refractivity contribution in [3.05, 3.63) is 47.8 Å². The number of ether oxygens (including phenoxy) is 1. The van der Waals surface area contributed by atoms with Crippen molar-refractivity contribution in [2.75, 3.05) is 0 Å². The lowest BCUT2D eigenvalue weighted by Gasteiger charge is -2.33. The lowest BCUT2D eigenvalue weighted by molar-refractivity contribution is -0.223. The Morgan fingerprint density at radius 1 is 1.07 bits per heavy atom. The van der Waals surface area contributed by atoms with E-state index in [1.807, 2.05) is 6.92 Å². The summed E-state index contributed by atoms with van der Waals surface area (Å²) in [7, 11) is 0. The molecule has 3 rings (SSSR count). The van der Waals surface area contributed by atoms with E-state index in [1.54, 1.807) is 24.3 Å². The van der Waals surface area contributed by atoms with Crippen molar-refractivity contribution in [1.29, 1.82) is 0 Å². The van der Waals surface area contributed by atoms with Crippen molar-refractivity contribution in [2.45, 2.75) is 58.5 Å². The second kappa shape index (κ2) is 8.37. The molecule has 2 aromatic rings. The van der Waals surface area contributed by atoms with Gasteiger partial charge in [-0.1, -0.05) is 38.0 Å². The van der Waals surface area contributed by atoms with Gasteiger partial charge in [0.25, 0.3) is 0 Å². The standard InChI is InChI=1S/C23H27F3O/c1-3-5-16-7-10-20(11-8-16)23(25,26)27-21-12-9-17-13-18(6-4-2)22(24)15-19(17)14-21/h4,6,9,12-16,20H,3,5,7-8,10-11H2,1-2H3/b6-4+. The molecule has 1 nitrogen and oxygen atoms in total. The third kappa shape index (κ3) is 4.66. The first-order valence-electron chi connectivity index (χ1n) is 9.85. The third-order valence-corrected chi connectivity index (χ3v) is 5.55. The lowest BCUT2D eigenvalue weighted by Crippen LogP contribution is -2.37. The predicted octanol–water partition coefficient (Wildman–Crippen LogP) is 7.59. The van der Waals surface area contributed by atoms with Crippen LogP contribution in [0.2, 0.25) is 0 Å². The zero-order chi connectivity index (χ0) is 19.4. The minimum Gasteiger partial charge on any atom is -0.432 e. The van der Waals surface area contributed by atoms with Gasteiger partial charge in [0.15, 0.2) is 0 Å². The van der Waals surface area contributed by atoms with Gasteiger partial charge >= 0.3 is 6.11 Å². The largest absolute Gasteiger partial charge is 0.432 e. The summed E-state index contributed by atoms with van der Waals surface area (Å²) < 4.78 is 48.5. The molecule has 1 aliphatic rings. The summed E-state index contributed by atoms with van der Waals surface area (Å²) in [5, 5.41) is 1.35. The summed E-state index contributed by atoms with van der Waals surface area (Å²) in [6.45, 7) is 3.95. The molecule has 0 spiro atoms.